The van der Waals surface area contributed by atoms with Crippen molar-refractivity contribution < 1.29 is 0 Å². The van der Waals surface area contributed by atoms with Crippen molar-refractivity contribution >= 4 is 44.5 Å². The van der Waals surface area contributed by atoms with Crippen molar-refractivity contribution in [2.45, 2.75) is 0 Å². The lowest BCUT2D eigenvalue weighted by Gasteiger charge is -2.08. The molecule has 0 aliphatic carbocycles. The van der Waals surface area contributed by atoms with E-state index in [0.29, 0.717) is 17.5 Å². The molecule has 46 heavy (non-hydrogen) atoms. The van der Waals surface area contributed by atoms with E-state index in [0.717, 1.165) is 33.4 Å². The Bertz CT molecular complexity index is 2360. The van der Waals surface area contributed by atoms with E-state index in [4.69, 9.17) is 15.0 Å². The number of aromatic nitrogens is 5. The van der Waals surface area contributed by atoms with E-state index in [1.165, 1.54) is 21.7 Å². The van der Waals surface area contributed by atoms with Gasteiger partial charge in [-0.1, -0.05) is 110 Å². The van der Waals surface area contributed by atoms with Gasteiger partial charge in [0.25, 0.3) is 0 Å². The molecule has 0 saturated heterocycles. The molecule has 0 atom stereocenters. The van der Waals surface area contributed by atoms with E-state index in [9.17, 15) is 0 Å². The summed E-state index contributed by atoms with van der Waals surface area (Å²) in [5, 5.41) is 3.67. The zero-order valence-corrected chi connectivity index (χ0v) is 25.0. The third-order valence-electron chi connectivity index (χ3n) is 8.27. The Morgan fingerprint density at radius 3 is 1.83 bits per heavy atom. The summed E-state index contributed by atoms with van der Waals surface area (Å²) in [6, 6.07) is 45.7. The maximum Gasteiger partial charge on any atom is 0.164 e. The topological polar surface area (TPSA) is 48.5 Å². The van der Waals surface area contributed by atoms with Crippen LogP contribution < -0.4 is 0 Å². The fourth-order valence-corrected chi connectivity index (χ4v) is 6.09. The van der Waals surface area contributed by atoms with Gasteiger partial charge in [0.15, 0.2) is 17.5 Å². The van der Waals surface area contributed by atoms with Crippen molar-refractivity contribution in [2.75, 3.05) is 0 Å². The third-order valence-corrected chi connectivity index (χ3v) is 8.27. The van der Waals surface area contributed by atoms with Crippen molar-refractivity contribution in [1.82, 2.24) is 24.1 Å². The summed E-state index contributed by atoms with van der Waals surface area (Å²) < 4.78 is 4.50. The van der Waals surface area contributed by atoms with Crippen LogP contribution in [0.15, 0.2) is 164 Å². The maximum atomic E-state index is 4.87. The highest BCUT2D eigenvalue weighted by molar-refractivity contribution is 6.21. The number of hydrogen-bond acceptors (Lipinski definition) is 3. The molecule has 0 N–H and O–H groups in total. The van der Waals surface area contributed by atoms with E-state index in [-0.39, 0.29) is 0 Å². The molecule has 0 radical (unpaired) electrons. The Hall–Kier alpha value is -6.33. The zero-order valence-electron chi connectivity index (χ0n) is 25.0. The van der Waals surface area contributed by atoms with Crippen molar-refractivity contribution in [1.29, 1.82) is 0 Å². The largest absolute Gasteiger partial charge is 0.317 e. The minimum absolute atomic E-state index is 0.568. The highest BCUT2D eigenvalue weighted by Gasteiger charge is 2.15. The molecule has 0 bridgehead atoms. The molecule has 218 valence electrons. The minimum atomic E-state index is 0.568. The summed E-state index contributed by atoms with van der Waals surface area (Å²) in [4.78, 5) is 14.6. The molecule has 0 aliphatic rings. The van der Waals surface area contributed by atoms with E-state index < -0.39 is 0 Å². The first-order valence-corrected chi connectivity index (χ1v) is 15.2. The van der Waals surface area contributed by atoms with Gasteiger partial charge in [-0.15, -0.1) is 0 Å². The Labute approximate surface area is 266 Å². The molecule has 3 heterocycles. The van der Waals surface area contributed by atoms with Crippen LogP contribution in [0.25, 0.3) is 72.9 Å². The number of benzene rings is 5. The predicted octanol–water partition coefficient (Wildman–Crippen LogP) is 10.00. The molecule has 5 aromatic carbocycles. The number of rotatable bonds is 7. The second kappa shape index (κ2) is 11.6. The van der Waals surface area contributed by atoms with Crippen molar-refractivity contribution in [3.63, 3.8) is 0 Å². The summed E-state index contributed by atoms with van der Waals surface area (Å²) in [6.07, 6.45) is 10.1. The normalized spacial score (nSPS) is 12.0. The number of hydrogen-bond donors (Lipinski definition) is 0. The number of nitrogens with zero attached hydrogens (tertiary/aromatic N) is 5. The molecule has 0 unspecified atom stereocenters. The Morgan fingerprint density at radius 2 is 1.15 bits per heavy atom. The van der Waals surface area contributed by atoms with Gasteiger partial charge in [0.1, 0.15) is 0 Å². The molecule has 0 amide bonds. The SMILES string of the molecule is C=C/C(=C\C=C\n1c2ccccc2c2c3ccn(-c4ccccc4)c3ccc21)c1nc(-c2ccccc2)nc(-c2ccccc2)n1. The Kier molecular flexibility index (Phi) is 6.89. The highest BCUT2D eigenvalue weighted by atomic mass is 15.0. The summed E-state index contributed by atoms with van der Waals surface area (Å²) in [6.45, 7) is 4.11. The monoisotopic (exact) mass is 591 g/mol. The average Bonchev–Trinajstić information content (AvgIpc) is 3.70. The summed E-state index contributed by atoms with van der Waals surface area (Å²) >= 11 is 0. The van der Waals surface area contributed by atoms with E-state index in [1.807, 2.05) is 78.9 Å². The summed E-state index contributed by atoms with van der Waals surface area (Å²) in [7, 11) is 0. The van der Waals surface area contributed by atoms with Crippen LogP contribution in [0, 0.1) is 0 Å². The number of fused-ring (bicyclic) bond motifs is 5. The van der Waals surface area contributed by atoms with Crippen molar-refractivity contribution in [2.24, 2.45) is 0 Å². The molecule has 3 aromatic heterocycles. The molecular formula is C41H29N5. The zero-order chi connectivity index (χ0) is 30.9. The molecule has 0 spiro atoms. The minimum Gasteiger partial charge on any atom is -0.317 e. The first-order chi connectivity index (χ1) is 22.8. The fourth-order valence-electron chi connectivity index (χ4n) is 6.09. The van der Waals surface area contributed by atoms with Gasteiger partial charge in [0, 0.05) is 50.9 Å². The first kappa shape index (κ1) is 27.2. The van der Waals surface area contributed by atoms with Crippen LogP contribution in [0.4, 0.5) is 0 Å². The molecule has 0 fully saturated rings. The molecule has 5 heteroatoms. The summed E-state index contributed by atoms with van der Waals surface area (Å²) in [5.74, 6) is 1.81. The van der Waals surface area contributed by atoms with Crippen molar-refractivity contribution in [3.8, 4) is 28.5 Å². The van der Waals surface area contributed by atoms with E-state index in [2.05, 4.69) is 94.8 Å². The molecule has 0 saturated carbocycles. The van der Waals surface area contributed by atoms with E-state index >= 15 is 0 Å². The number of allylic oxidation sites excluding steroid dienone is 4. The molecule has 8 rings (SSSR count). The van der Waals surface area contributed by atoms with Crippen LogP contribution in [0.2, 0.25) is 0 Å². The van der Waals surface area contributed by atoms with E-state index in [1.54, 1.807) is 6.08 Å². The van der Waals surface area contributed by atoms with Gasteiger partial charge in [0.05, 0.1) is 16.6 Å². The van der Waals surface area contributed by atoms with Gasteiger partial charge in [-0.3, -0.25) is 0 Å². The smallest absolute Gasteiger partial charge is 0.164 e. The molecule has 8 aromatic rings. The predicted molar refractivity (Wildman–Crippen MR) is 190 cm³/mol. The van der Waals surface area contributed by atoms with Crippen LogP contribution in [0.3, 0.4) is 0 Å². The second-order valence-corrected chi connectivity index (χ2v) is 11.0. The summed E-state index contributed by atoms with van der Waals surface area (Å²) in [5.41, 5.74) is 7.27. The average molecular weight is 592 g/mol. The van der Waals surface area contributed by atoms with Crippen LogP contribution in [-0.2, 0) is 0 Å². The van der Waals surface area contributed by atoms with Crippen LogP contribution in [0.5, 0.6) is 0 Å². The van der Waals surface area contributed by atoms with Gasteiger partial charge in [0.2, 0.25) is 0 Å². The van der Waals surface area contributed by atoms with Gasteiger partial charge in [-0.05, 0) is 48.6 Å². The maximum absolute atomic E-state index is 4.87. The van der Waals surface area contributed by atoms with Gasteiger partial charge in [-0.25, -0.2) is 15.0 Å². The quantitative estimate of drug-likeness (QED) is 0.173. The fraction of sp³-hybridized carbons (Fsp3) is 0. The molecular weight excluding hydrogens is 562 g/mol. The van der Waals surface area contributed by atoms with Gasteiger partial charge >= 0.3 is 0 Å². The number of para-hydroxylation sites is 2. The van der Waals surface area contributed by atoms with Crippen LogP contribution in [-0.4, -0.2) is 24.1 Å². The van der Waals surface area contributed by atoms with Crippen LogP contribution >= 0.6 is 0 Å². The van der Waals surface area contributed by atoms with Crippen molar-refractivity contribution in [3.05, 3.63) is 170 Å². The lowest BCUT2D eigenvalue weighted by atomic mass is 10.1. The highest BCUT2D eigenvalue weighted by Crippen LogP contribution is 2.36. The lowest BCUT2D eigenvalue weighted by Crippen LogP contribution is -2.02. The second-order valence-electron chi connectivity index (χ2n) is 11.0. The third kappa shape index (κ3) is 4.81. The molecule has 5 nitrogen and oxygen atoms in total. The Balaban J connectivity index is 1.24. The lowest BCUT2D eigenvalue weighted by molar-refractivity contribution is 1.04. The van der Waals surface area contributed by atoms with Gasteiger partial charge < -0.3 is 9.13 Å². The standard InChI is InChI=1S/C41H29N5/c1-2-29(39-42-40(30-15-6-3-7-16-30)44-41(43-39)31-17-8-4-9-18-31)19-14-27-46-35-23-13-12-22-33(35)38-34-26-28-45(32-20-10-5-11-21-32)36(34)24-25-37(38)46/h2-28H,1H2/b27-14+,29-19+. The molecule has 0 aliphatic heterocycles. The first-order valence-electron chi connectivity index (χ1n) is 15.2. The van der Waals surface area contributed by atoms with Gasteiger partial charge in [-0.2, -0.15) is 0 Å². The Morgan fingerprint density at radius 1 is 0.565 bits per heavy atom. The van der Waals surface area contributed by atoms with Crippen LogP contribution in [0.1, 0.15) is 5.82 Å².